The van der Waals surface area contributed by atoms with E-state index in [1.807, 2.05) is 0 Å². The SMILES string of the molecule is O=NN(CC(=O)O)c1ccc(S(=O)(=O)N2CCCCC2)cc1. The van der Waals surface area contributed by atoms with Gasteiger partial charge in [0.25, 0.3) is 0 Å². The van der Waals surface area contributed by atoms with Gasteiger partial charge < -0.3 is 5.11 Å². The lowest BCUT2D eigenvalue weighted by atomic mass is 10.2. The van der Waals surface area contributed by atoms with Crippen LogP contribution in [-0.4, -0.2) is 43.4 Å². The lowest BCUT2D eigenvalue weighted by molar-refractivity contribution is -0.135. The first-order valence-corrected chi connectivity index (χ1v) is 8.32. The number of nitroso groups, excluding NO2 is 1. The normalized spacial score (nSPS) is 16.2. The average Bonchev–Trinajstić information content (AvgIpc) is 2.53. The molecule has 0 aliphatic carbocycles. The third-order valence-corrected chi connectivity index (χ3v) is 5.38. The van der Waals surface area contributed by atoms with Crippen LogP contribution in [0.15, 0.2) is 34.4 Å². The molecule has 22 heavy (non-hydrogen) atoms. The number of rotatable bonds is 6. The van der Waals surface area contributed by atoms with Gasteiger partial charge in [0, 0.05) is 13.1 Å². The Morgan fingerprint density at radius 2 is 1.77 bits per heavy atom. The molecule has 0 amide bonds. The van der Waals surface area contributed by atoms with Crippen LogP contribution in [0, 0.1) is 4.91 Å². The molecule has 120 valence electrons. The van der Waals surface area contributed by atoms with Crippen molar-refractivity contribution < 1.29 is 18.3 Å². The van der Waals surface area contributed by atoms with Gasteiger partial charge in [0.15, 0.2) is 0 Å². The summed E-state index contributed by atoms with van der Waals surface area (Å²) in [5.74, 6) is -1.20. The van der Waals surface area contributed by atoms with E-state index in [2.05, 4.69) is 5.29 Å². The standard InChI is InChI=1S/C13H17N3O5S/c17-13(18)10-16(14-19)11-4-6-12(7-5-11)22(20,21)15-8-2-1-3-9-15/h4-7H,1-3,8-10H2,(H,17,18). The Bertz CT molecular complexity index is 638. The molecule has 1 aliphatic rings. The van der Waals surface area contributed by atoms with Crippen LogP contribution in [0.5, 0.6) is 0 Å². The number of hydrogen-bond donors (Lipinski definition) is 1. The third-order valence-electron chi connectivity index (χ3n) is 3.47. The summed E-state index contributed by atoms with van der Waals surface area (Å²) >= 11 is 0. The number of hydrogen-bond acceptors (Lipinski definition) is 5. The van der Waals surface area contributed by atoms with Crippen LogP contribution in [0.25, 0.3) is 0 Å². The molecule has 9 heteroatoms. The fourth-order valence-corrected chi connectivity index (χ4v) is 3.86. The zero-order chi connectivity index (χ0) is 16.2. The molecule has 0 aromatic heterocycles. The highest BCUT2D eigenvalue weighted by Crippen LogP contribution is 2.23. The second-order valence-electron chi connectivity index (χ2n) is 4.99. The Hall–Kier alpha value is -2.00. The number of piperidine rings is 1. The monoisotopic (exact) mass is 327 g/mol. The molecule has 1 fully saturated rings. The topological polar surface area (TPSA) is 107 Å². The highest BCUT2D eigenvalue weighted by molar-refractivity contribution is 7.89. The fraction of sp³-hybridized carbons (Fsp3) is 0.462. The van der Waals surface area contributed by atoms with Gasteiger partial charge in [0.1, 0.15) is 6.54 Å². The van der Waals surface area contributed by atoms with Crippen LogP contribution in [-0.2, 0) is 14.8 Å². The van der Waals surface area contributed by atoms with Crippen LogP contribution < -0.4 is 5.01 Å². The third kappa shape index (κ3) is 3.60. The molecule has 1 aromatic rings. The highest BCUT2D eigenvalue weighted by Gasteiger charge is 2.26. The summed E-state index contributed by atoms with van der Waals surface area (Å²) in [5.41, 5.74) is 0.231. The maximum atomic E-state index is 12.4. The predicted octanol–water partition coefficient (Wildman–Crippen LogP) is 1.43. The first-order chi connectivity index (χ1) is 10.4. The van der Waals surface area contributed by atoms with Crippen LogP contribution in [0.3, 0.4) is 0 Å². The number of anilines is 1. The molecule has 0 radical (unpaired) electrons. The van der Waals surface area contributed by atoms with Crippen molar-refractivity contribution in [1.82, 2.24) is 4.31 Å². The Morgan fingerprint density at radius 3 is 2.27 bits per heavy atom. The maximum absolute atomic E-state index is 12.4. The number of sulfonamides is 1. The summed E-state index contributed by atoms with van der Waals surface area (Å²) in [5, 5.41) is 12.1. The van der Waals surface area contributed by atoms with Crippen molar-refractivity contribution in [2.75, 3.05) is 24.6 Å². The van der Waals surface area contributed by atoms with Gasteiger partial charge in [-0.05, 0) is 37.1 Å². The molecule has 1 aliphatic heterocycles. The predicted molar refractivity (Wildman–Crippen MR) is 79.8 cm³/mol. The van der Waals surface area contributed by atoms with Gasteiger partial charge in [0.05, 0.1) is 15.9 Å². The second kappa shape index (κ2) is 6.84. The molecule has 1 N–H and O–H groups in total. The minimum Gasteiger partial charge on any atom is -0.480 e. The zero-order valence-electron chi connectivity index (χ0n) is 11.9. The van der Waals surface area contributed by atoms with Gasteiger partial charge in [-0.15, -0.1) is 4.91 Å². The first kappa shape index (κ1) is 16.4. The van der Waals surface area contributed by atoms with E-state index >= 15 is 0 Å². The van der Waals surface area contributed by atoms with Crippen molar-refractivity contribution in [2.45, 2.75) is 24.2 Å². The highest BCUT2D eigenvalue weighted by atomic mass is 32.2. The molecular formula is C13H17N3O5S. The van der Waals surface area contributed by atoms with Gasteiger partial charge in [0.2, 0.25) is 10.0 Å². The van der Waals surface area contributed by atoms with E-state index in [1.54, 1.807) is 0 Å². The Morgan fingerprint density at radius 1 is 1.18 bits per heavy atom. The number of benzene rings is 1. The molecule has 0 unspecified atom stereocenters. The lowest BCUT2D eigenvalue weighted by Gasteiger charge is -2.26. The van der Waals surface area contributed by atoms with Crippen LogP contribution in [0.2, 0.25) is 0 Å². The van der Waals surface area contributed by atoms with Crippen LogP contribution in [0.1, 0.15) is 19.3 Å². The molecule has 2 rings (SSSR count). The van der Waals surface area contributed by atoms with Crippen molar-refractivity contribution in [2.24, 2.45) is 5.29 Å². The first-order valence-electron chi connectivity index (χ1n) is 6.88. The summed E-state index contributed by atoms with van der Waals surface area (Å²) in [7, 11) is -3.54. The fourth-order valence-electron chi connectivity index (χ4n) is 2.34. The van der Waals surface area contributed by atoms with Crippen LogP contribution >= 0.6 is 0 Å². The quantitative estimate of drug-likeness (QED) is 0.625. The van der Waals surface area contributed by atoms with Gasteiger partial charge >= 0.3 is 5.97 Å². The van der Waals surface area contributed by atoms with E-state index < -0.39 is 22.5 Å². The van der Waals surface area contributed by atoms with Crippen molar-refractivity contribution in [3.8, 4) is 0 Å². The Balaban J connectivity index is 2.20. The second-order valence-corrected chi connectivity index (χ2v) is 6.93. The number of nitrogens with zero attached hydrogens (tertiary/aromatic N) is 3. The molecule has 1 aromatic carbocycles. The van der Waals surface area contributed by atoms with E-state index in [-0.39, 0.29) is 10.6 Å². The molecular weight excluding hydrogens is 310 g/mol. The van der Waals surface area contributed by atoms with Crippen molar-refractivity contribution in [3.63, 3.8) is 0 Å². The van der Waals surface area contributed by atoms with E-state index in [4.69, 9.17) is 5.11 Å². The van der Waals surface area contributed by atoms with E-state index in [9.17, 15) is 18.1 Å². The molecule has 0 bridgehead atoms. The van der Waals surface area contributed by atoms with Crippen molar-refractivity contribution in [1.29, 1.82) is 0 Å². The summed E-state index contributed by atoms with van der Waals surface area (Å²) in [6, 6.07) is 5.47. The van der Waals surface area contributed by atoms with E-state index in [1.165, 1.54) is 28.6 Å². The maximum Gasteiger partial charge on any atom is 0.325 e. The minimum atomic E-state index is -3.54. The Kier molecular flexibility index (Phi) is 5.09. The lowest BCUT2D eigenvalue weighted by Crippen LogP contribution is -2.35. The van der Waals surface area contributed by atoms with Crippen molar-refractivity contribution in [3.05, 3.63) is 29.2 Å². The average molecular weight is 327 g/mol. The molecule has 0 saturated carbocycles. The summed E-state index contributed by atoms with van der Waals surface area (Å²) < 4.78 is 26.3. The summed E-state index contributed by atoms with van der Waals surface area (Å²) in [6.45, 7) is 0.429. The van der Waals surface area contributed by atoms with Crippen molar-refractivity contribution >= 4 is 21.7 Å². The number of carboxylic acids is 1. The molecule has 0 spiro atoms. The minimum absolute atomic E-state index is 0.124. The van der Waals surface area contributed by atoms with Gasteiger partial charge in [-0.3, -0.25) is 4.79 Å². The van der Waals surface area contributed by atoms with E-state index in [0.29, 0.717) is 13.1 Å². The molecule has 0 atom stereocenters. The molecule has 1 heterocycles. The van der Waals surface area contributed by atoms with Gasteiger partial charge in [-0.2, -0.15) is 4.31 Å². The van der Waals surface area contributed by atoms with E-state index in [0.717, 1.165) is 24.3 Å². The number of aliphatic carboxylic acids is 1. The summed E-state index contributed by atoms with van der Waals surface area (Å²) in [6.07, 6.45) is 2.72. The number of carboxylic acid groups (broad SMARTS) is 1. The number of carbonyl (C=O) groups is 1. The molecule has 1 saturated heterocycles. The summed E-state index contributed by atoms with van der Waals surface area (Å²) in [4.78, 5) is 21.4. The van der Waals surface area contributed by atoms with Gasteiger partial charge in [-0.25, -0.2) is 13.4 Å². The molecule has 8 nitrogen and oxygen atoms in total. The Labute approximate surface area is 128 Å². The largest absolute Gasteiger partial charge is 0.480 e. The zero-order valence-corrected chi connectivity index (χ0v) is 12.7. The smallest absolute Gasteiger partial charge is 0.325 e. The van der Waals surface area contributed by atoms with Gasteiger partial charge in [-0.1, -0.05) is 6.42 Å². The van der Waals surface area contributed by atoms with Crippen LogP contribution in [0.4, 0.5) is 5.69 Å².